The highest BCUT2D eigenvalue weighted by atomic mass is 31.1. The number of carbonyl (C=O) groups is 1. The number of hydrogen-bond acceptors (Lipinski definition) is 3. The van der Waals surface area contributed by atoms with E-state index < -0.39 is 5.97 Å². The third kappa shape index (κ3) is 5.97. The summed E-state index contributed by atoms with van der Waals surface area (Å²) >= 11 is 0. The number of hydrogen-bond donors (Lipinski definition) is 1. The Morgan fingerprint density at radius 1 is 1.34 bits per heavy atom. The Labute approximate surface area is 193 Å². The molecule has 4 nitrogen and oxygen atoms in total. The zero-order valence-corrected chi connectivity index (χ0v) is 20.7. The van der Waals surface area contributed by atoms with Crippen molar-refractivity contribution in [1.29, 1.82) is 0 Å². The van der Waals surface area contributed by atoms with Crippen LogP contribution in [0.2, 0.25) is 0 Å². The molecule has 0 aliphatic heterocycles. The van der Waals surface area contributed by atoms with Crippen molar-refractivity contribution in [3.63, 3.8) is 0 Å². The van der Waals surface area contributed by atoms with E-state index in [0.29, 0.717) is 20.2 Å². The smallest absolute Gasteiger partial charge is 0.323 e. The Morgan fingerprint density at radius 2 is 2.09 bits per heavy atom. The van der Waals surface area contributed by atoms with Crippen molar-refractivity contribution in [2.24, 2.45) is 5.92 Å². The van der Waals surface area contributed by atoms with Gasteiger partial charge in [0.1, 0.15) is 23.9 Å². The zero-order valence-electron chi connectivity index (χ0n) is 18.5. The monoisotopic (exact) mass is 473 g/mol. The van der Waals surface area contributed by atoms with Crippen LogP contribution in [0.25, 0.3) is 0 Å². The van der Waals surface area contributed by atoms with Crippen molar-refractivity contribution in [1.82, 2.24) is 4.90 Å². The van der Waals surface area contributed by atoms with Crippen LogP contribution in [0.15, 0.2) is 60.3 Å². The fraction of sp³-hybridized carbons (Fsp3) is 0.320. The number of allylic oxidation sites excluding steroid dienone is 3. The first kappa shape index (κ1) is 24.4. The van der Waals surface area contributed by atoms with Crippen molar-refractivity contribution in [3.8, 4) is 11.5 Å². The molecule has 3 rings (SSSR count). The summed E-state index contributed by atoms with van der Waals surface area (Å²) in [6, 6.07) is 10.7. The number of aliphatic carboxylic acids is 1. The van der Waals surface area contributed by atoms with Crippen LogP contribution in [0, 0.1) is 11.7 Å². The maximum Gasteiger partial charge on any atom is 0.323 e. The molecule has 0 aromatic heterocycles. The molecule has 0 saturated heterocycles. The highest BCUT2D eigenvalue weighted by Gasteiger charge is 2.24. The van der Waals surface area contributed by atoms with Crippen LogP contribution in [-0.2, 0) is 11.2 Å². The molecule has 2 aromatic rings. The standard InChI is InChI=1S/C25H30FNO3P2/c1-4-19-17(6-5-7-20(19)27(2)15-25(28)29)12-16-8-10-21(23(31)13-16)30-22-11-9-18(26)14-24(22)32-3/h4,8-11,13-14,17,32H,1,5-7,12,15,31H2,2-3H3,(H,28,29)/t17-/m0/s1. The van der Waals surface area contributed by atoms with Gasteiger partial charge in [-0.2, -0.15) is 0 Å². The number of carboxylic acids is 1. The quantitative estimate of drug-likeness (QED) is 0.529. The fourth-order valence-electron chi connectivity index (χ4n) is 4.26. The molecule has 0 saturated carbocycles. The number of benzene rings is 2. The molecule has 0 bridgehead atoms. The van der Waals surface area contributed by atoms with Crippen LogP contribution < -0.4 is 15.3 Å². The van der Waals surface area contributed by atoms with Gasteiger partial charge in [0.25, 0.3) is 0 Å². The topological polar surface area (TPSA) is 49.8 Å². The number of carboxylic acid groups (broad SMARTS) is 1. The lowest BCUT2D eigenvalue weighted by atomic mass is 9.81. The van der Waals surface area contributed by atoms with E-state index in [0.717, 1.165) is 53.3 Å². The fourth-order valence-corrected chi connectivity index (χ4v) is 5.30. The van der Waals surface area contributed by atoms with E-state index in [1.54, 1.807) is 6.07 Å². The van der Waals surface area contributed by atoms with Crippen LogP contribution in [0.4, 0.5) is 4.39 Å². The van der Waals surface area contributed by atoms with E-state index in [2.05, 4.69) is 28.0 Å². The van der Waals surface area contributed by atoms with Gasteiger partial charge in [-0.1, -0.05) is 27.3 Å². The van der Waals surface area contributed by atoms with Crippen molar-refractivity contribution in [2.75, 3.05) is 20.3 Å². The minimum atomic E-state index is -0.832. The molecule has 0 amide bonds. The third-order valence-electron chi connectivity index (χ3n) is 5.78. The second kappa shape index (κ2) is 11.1. The van der Waals surface area contributed by atoms with Gasteiger partial charge in [0.05, 0.1) is 0 Å². The molecule has 1 aliphatic rings. The lowest BCUT2D eigenvalue weighted by Gasteiger charge is -2.32. The molecule has 32 heavy (non-hydrogen) atoms. The molecule has 7 heteroatoms. The van der Waals surface area contributed by atoms with Gasteiger partial charge in [0, 0.05) is 23.4 Å². The molecule has 0 spiro atoms. The molecule has 170 valence electrons. The molecule has 0 fully saturated rings. The van der Waals surface area contributed by atoms with Crippen LogP contribution in [0.1, 0.15) is 24.8 Å². The molecular formula is C25H30FNO3P2. The van der Waals surface area contributed by atoms with Crippen molar-refractivity contribution >= 4 is 34.4 Å². The Morgan fingerprint density at radius 3 is 2.75 bits per heavy atom. The number of ether oxygens (including phenoxy) is 1. The Hall–Kier alpha value is -2.22. The summed E-state index contributed by atoms with van der Waals surface area (Å²) in [6.07, 6.45) is 5.69. The van der Waals surface area contributed by atoms with E-state index in [4.69, 9.17) is 9.84 Å². The molecule has 2 unspecified atom stereocenters. The molecule has 1 N–H and O–H groups in total. The van der Waals surface area contributed by atoms with E-state index in [1.807, 2.05) is 30.8 Å². The normalized spacial score (nSPS) is 16.4. The lowest BCUT2D eigenvalue weighted by molar-refractivity contribution is -0.137. The predicted octanol–water partition coefficient (Wildman–Crippen LogP) is 4.85. The van der Waals surface area contributed by atoms with Crippen molar-refractivity contribution < 1.29 is 19.0 Å². The van der Waals surface area contributed by atoms with E-state index in [9.17, 15) is 9.18 Å². The van der Waals surface area contributed by atoms with E-state index in [1.165, 1.54) is 17.7 Å². The average molecular weight is 473 g/mol. The second-order valence-corrected chi connectivity index (χ2v) is 9.67. The van der Waals surface area contributed by atoms with Crippen LogP contribution in [0.5, 0.6) is 11.5 Å². The predicted molar refractivity (Wildman–Crippen MR) is 135 cm³/mol. The maximum atomic E-state index is 13.5. The van der Waals surface area contributed by atoms with Gasteiger partial charge >= 0.3 is 5.97 Å². The Kier molecular flexibility index (Phi) is 8.45. The first-order valence-corrected chi connectivity index (χ1v) is 12.7. The molecule has 0 heterocycles. The number of rotatable bonds is 9. The minimum Gasteiger partial charge on any atom is -0.480 e. The largest absolute Gasteiger partial charge is 0.480 e. The first-order chi connectivity index (χ1) is 15.3. The van der Waals surface area contributed by atoms with Gasteiger partial charge in [-0.25, -0.2) is 4.39 Å². The summed E-state index contributed by atoms with van der Waals surface area (Å²) in [5, 5.41) is 11.0. The van der Waals surface area contributed by atoms with Gasteiger partial charge < -0.3 is 14.7 Å². The van der Waals surface area contributed by atoms with Crippen LogP contribution >= 0.6 is 17.8 Å². The summed E-state index contributed by atoms with van der Waals surface area (Å²) in [6.45, 7) is 6.00. The van der Waals surface area contributed by atoms with E-state index in [-0.39, 0.29) is 12.4 Å². The van der Waals surface area contributed by atoms with Gasteiger partial charge in [-0.15, -0.1) is 9.24 Å². The summed E-state index contributed by atoms with van der Waals surface area (Å²) in [5.74, 6) is 0.624. The van der Waals surface area contributed by atoms with E-state index >= 15 is 0 Å². The van der Waals surface area contributed by atoms with Crippen LogP contribution in [0.3, 0.4) is 0 Å². The zero-order chi connectivity index (χ0) is 23.3. The van der Waals surface area contributed by atoms with Gasteiger partial charge in [-0.3, -0.25) is 4.79 Å². The molecule has 1 aliphatic carbocycles. The first-order valence-electron chi connectivity index (χ1n) is 10.6. The number of halogens is 1. The van der Waals surface area contributed by atoms with Crippen molar-refractivity contribution in [3.05, 3.63) is 71.7 Å². The maximum absolute atomic E-state index is 13.5. The average Bonchev–Trinajstić information content (AvgIpc) is 2.76. The lowest BCUT2D eigenvalue weighted by Crippen LogP contribution is -2.29. The Bertz CT molecular complexity index is 1040. The number of nitrogens with zero attached hydrogens (tertiary/aromatic N) is 1. The van der Waals surface area contributed by atoms with Gasteiger partial charge in [0.2, 0.25) is 0 Å². The van der Waals surface area contributed by atoms with Gasteiger partial charge in [0.15, 0.2) is 0 Å². The van der Waals surface area contributed by atoms with Crippen molar-refractivity contribution in [2.45, 2.75) is 25.7 Å². The highest BCUT2D eigenvalue weighted by Crippen LogP contribution is 2.35. The Balaban J connectivity index is 1.79. The third-order valence-corrected chi connectivity index (χ3v) is 7.16. The summed E-state index contributed by atoms with van der Waals surface area (Å²) in [4.78, 5) is 13.0. The molecule has 3 atom stereocenters. The number of likely N-dealkylation sites (N-methyl/N-ethyl adjacent to an activating group) is 1. The molecule has 2 aromatic carbocycles. The summed E-state index contributed by atoms with van der Waals surface area (Å²) in [5.41, 5.74) is 3.41. The highest BCUT2D eigenvalue weighted by molar-refractivity contribution is 7.46. The second-order valence-electron chi connectivity index (χ2n) is 8.01. The minimum absolute atomic E-state index is 0.00905. The molecular weight excluding hydrogens is 443 g/mol. The van der Waals surface area contributed by atoms with Gasteiger partial charge in [-0.05, 0) is 79.7 Å². The SMILES string of the molecule is C=CC1=C(N(C)CC(=O)O)CCC[C@H]1Cc1ccc(Oc2ccc(F)cc2PC)c(P)c1. The summed E-state index contributed by atoms with van der Waals surface area (Å²) in [7, 11) is 5.01. The summed E-state index contributed by atoms with van der Waals surface area (Å²) < 4.78 is 19.6. The molecule has 0 radical (unpaired) electrons. The van der Waals surface area contributed by atoms with Crippen LogP contribution in [-0.4, -0.2) is 36.2 Å².